The molecule has 0 amide bonds. The summed E-state index contributed by atoms with van der Waals surface area (Å²) in [5.41, 5.74) is 0. The maximum Gasteiger partial charge on any atom is 0.251 e. The smallest absolute Gasteiger partial charge is 0.251 e. The SMILES string of the molecule is CCCNCc1cc(S(=O)(=O)NCC(F)F)c(Br)o1. The summed E-state index contributed by atoms with van der Waals surface area (Å²) in [7, 11) is -3.99. The van der Waals surface area contributed by atoms with Gasteiger partial charge in [0, 0.05) is 6.07 Å². The maximum absolute atomic E-state index is 12.0. The molecule has 0 saturated carbocycles. The van der Waals surface area contributed by atoms with E-state index in [9.17, 15) is 17.2 Å². The largest absolute Gasteiger partial charge is 0.452 e. The molecule has 2 N–H and O–H groups in total. The molecule has 1 rings (SSSR count). The first-order valence-electron chi connectivity index (χ1n) is 5.63. The third-order valence-electron chi connectivity index (χ3n) is 2.15. The van der Waals surface area contributed by atoms with Crippen molar-refractivity contribution in [2.45, 2.75) is 31.2 Å². The molecule has 19 heavy (non-hydrogen) atoms. The van der Waals surface area contributed by atoms with Crippen LogP contribution < -0.4 is 10.0 Å². The Morgan fingerprint density at radius 3 is 2.74 bits per heavy atom. The van der Waals surface area contributed by atoms with E-state index in [4.69, 9.17) is 4.42 Å². The average Bonchev–Trinajstić information content (AvgIpc) is 2.69. The van der Waals surface area contributed by atoms with E-state index in [-0.39, 0.29) is 9.56 Å². The number of alkyl halides is 2. The Morgan fingerprint density at radius 2 is 2.16 bits per heavy atom. The molecule has 1 aromatic heterocycles. The van der Waals surface area contributed by atoms with E-state index in [1.54, 1.807) is 0 Å². The van der Waals surface area contributed by atoms with Gasteiger partial charge in [-0.2, -0.15) is 0 Å². The van der Waals surface area contributed by atoms with Gasteiger partial charge in [-0.05, 0) is 28.9 Å². The Bertz CT molecular complexity index is 505. The topological polar surface area (TPSA) is 71.3 Å². The lowest BCUT2D eigenvalue weighted by atomic mass is 10.4. The highest BCUT2D eigenvalue weighted by Gasteiger charge is 2.23. The highest BCUT2D eigenvalue weighted by Crippen LogP contribution is 2.26. The van der Waals surface area contributed by atoms with Gasteiger partial charge in [0.15, 0.2) is 4.67 Å². The zero-order valence-corrected chi connectivity index (χ0v) is 12.7. The molecule has 1 heterocycles. The predicted molar refractivity (Wildman–Crippen MR) is 69.6 cm³/mol. The van der Waals surface area contributed by atoms with Crippen molar-refractivity contribution in [2.24, 2.45) is 0 Å². The standard InChI is InChI=1S/C10H15BrF2N2O3S/c1-2-3-14-5-7-4-8(10(11)18-7)19(16,17)15-6-9(12)13/h4,9,14-15H,2-3,5-6H2,1H3. The third-order valence-corrected chi connectivity index (χ3v) is 4.43. The van der Waals surface area contributed by atoms with Crippen molar-refractivity contribution in [3.8, 4) is 0 Å². The van der Waals surface area contributed by atoms with Crippen molar-refractivity contribution in [2.75, 3.05) is 13.1 Å². The number of hydrogen-bond donors (Lipinski definition) is 2. The van der Waals surface area contributed by atoms with Gasteiger partial charge >= 0.3 is 0 Å². The second kappa shape index (κ2) is 7.32. The third kappa shape index (κ3) is 5.17. The van der Waals surface area contributed by atoms with Crippen molar-refractivity contribution in [3.05, 3.63) is 16.5 Å². The van der Waals surface area contributed by atoms with Crippen LogP contribution in [0.15, 0.2) is 20.0 Å². The van der Waals surface area contributed by atoms with Crippen LogP contribution in [0, 0.1) is 0 Å². The molecule has 0 bridgehead atoms. The molecule has 0 aromatic carbocycles. The second-order valence-corrected chi connectivity index (χ2v) is 6.23. The van der Waals surface area contributed by atoms with Crippen molar-refractivity contribution in [3.63, 3.8) is 0 Å². The van der Waals surface area contributed by atoms with E-state index < -0.39 is 23.0 Å². The van der Waals surface area contributed by atoms with Crippen molar-refractivity contribution in [1.29, 1.82) is 0 Å². The van der Waals surface area contributed by atoms with Crippen LogP contribution in [-0.2, 0) is 16.6 Å². The van der Waals surface area contributed by atoms with Crippen LogP contribution >= 0.6 is 15.9 Å². The van der Waals surface area contributed by atoms with Crippen LogP contribution in [0.25, 0.3) is 0 Å². The summed E-state index contributed by atoms with van der Waals surface area (Å²) in [6.45, 7) is 2.21. The molecule has 110 valence electrons. The molecule has 1 aromatic rings. The number of hydrogen-bond acceptors (Lipinski definition) is 4. The van der Waals surface area contributed by atoms with Crippen molar-refractivity contribution in [1.82, 2.24) is 10.0 Å². The Balaban J connectivity index is 2.77. The number of furan rings is 1. The lowest BCUT2D eigenvalue weighted by Gasteiger charge is -2.03. The van der Waals surface area contributed by atoms with E-state index >= 15 is 0 Å². The molecule has 0 unspecified atom stereocenters. The summed E-state index contributed by atoms with van der Waals surface area (Å²) >= 11 is 2.97. The summed E-state index contributed by atoms with van der Waals surface area (Å²) in [6, 6.07) is 1.31. The molecule has 0 spiro atoms. The van der Waals surface area contributed by atoms with E-state index in [0.717, 1.165) is 13.0 Å². The number of halogens is 3. The first kappa shape index (κ1) is 16.5. The minimum atomic E-state index is -3.99. The highest BCUT2D eigenvalue weighted by molar-refractivity contribution is 9.10. The zero-order valence-electron chi connectivity index (χ0n) is 10.3. The van der Waals surface area contributed by atoms with Crippen LogP contribution in [0.5, 0.6) is 0 Å². The summed E-state index contributed by atoms with van der Waals surface area (Å²) < 4.78 is 54.5. The maximum atomic E-state index is 12.0. The molecule has 0 fully saturated rings. The summed E-state index contributed by atoms with van der Waals surface area (Å²) in [5.74, 6) is 0.415. The fraction of sp³-hybridized carbons (Fsp3) is 0.600. The van der Waals surface area contributed by atoms with Gasteiger partial charge in [-0.15, -0.1) is 0 Å². The molecule has 0 aliphatic heterocycles. The second-order valence-electron chi connectivity index (χ2n) is 3.77. The first-order chi connectivity index (χ1) is 8.86. The van der Waals surface area contributed by atoms with Gasteiger partial charge in [-0.25, -0.2) is 21.9 Å². The Morgan fingerprint density at radius 1 is 1.47 bits per heavy atom. The van der Waals surface area contributed by atoms with Crippen LogP contribution in [-0.4, -0.2) is 27.9 Å². The summed E-state index contributed by atoms with van der Waals surface area (Å²) in [6.07, 6.45) is -1.81. The van der Waals surface area contributed by atoms with Gasteiger partial charge in [-0.1, -0.05) is 6.92 Å². The lowest BCUT2D eigenvalue weighted by molar-refractivity contribution is 0.153. The van der Waals surface area contributed by atoms with Gasteiger partial charge in [0.1, 0.15) is 10.7 Å². The molecule has 0 atom stereocenters. The van der Waals surface area contributed by atoms with E-state index in [0.29, 0.717) is 12.3 Å². The fourth-order valence-electron chi connectivity index (χ4n) is 1.31. The molecular weight excluding hydrogens is 346 g/mol. The molecule has 5 nitrogen and oxygen atoms in total. The van der Waals surface area contributed by atoms with Crippen LogP contribution in [0.4, 0.5) is 8.78 Å². The van der Waals surface area contributed by atoms with E-state index in [1.807, 2.05) is 11.6 Å². The molecule has 9 heteroatoms. The monoisotopic (exact) mass is 360 g/mol. The van der Waals surface area contributed by atoms with Gasteiger partial charge in [0.05, 0.1) is 13.1 Å². The molecule has 0 radical (unpaired) electrons. The molecule has 0 aliphatic rings. The Hall–Kier alpha value is -0.510. The molecule has 0 aliphatic carbocycles. The number of sulfonamides is 1. The van der Waals surface area contributed by atoms with Crippen molar-refractivity contribution < 1.29 is 21.6 Å². The predicted octanol–water partition coefficient (Wildman–Crippen LogP) is 2.09. The Kier molecular flexibility index (Phi) is 6.37. The van der Waals surface area contributed by atoms with Gasteiger partial charge in [0.2, 0.25) is 10.0 Å². The number of rotatable bonds is 8. The highest BCUT2D eigenvalue weighted by atomic mass is 79.9. The lowest BCUT2D eigenvalue weighted by Crippen LogP contribution is -2.28. The van der Waals surface area contributed by atoms with Crippen molar-refractivity contribution >= 4 is 26.0 Å². The van der Waals surface area contributed by atoms with Gasteiger partial charge in [0.25, 0.3) is 6.43 Å². The van der Waals surface area contributed by atoms with Crippen LogP contribution in [0.3, 0.4) is 0 Å². The molecular formula is C10H15BrF2N2O3S. The fourth-order valence-corrected chi connectivity index (χ4v) is 3.31. The minimum absolute atomic E-state index is 0.00237. The normalized spacial score (nSPS) is 12.3. The summed E-state index contributed by atoms with van der Waals surface area (Å²) in [5, 5.41) is 3.04. The van der Waals surface area contributed by atoms with Crippen LogP contribution in [0.1, 0.15) is 19.1 Å². The first-order valence-corrected chi connectivity index (χ1v) is 7.91. The Labute approximate surface area is 118 Å². The minimum Gasteiger partial charge on any atom is -0.452 e. The van der Waals surface area contributed by atoms with Crippen LogP contribution in [0.2, 0.25) is 0 Å². The number of nitrogens with one attached hydrogen (secondary N) is 2. The zero-order chi connectivity index (χ0) is 14.5. The van der Waals surface area contributed by atoms with Gasteiger partial charge < -0.3 is 9.73 Å². The average molecular weight is 361 g/mol. The quantitative estimate of drug-likeness (QED) is 0.696. The molecule has 0 saturated heterocycles. The van der Waals surface area contributed by atoms with E-state index in [1.165, 1.54) is 6.07 Å². The summed E-state index contributed by atoms with van der Waals surface area (Å²) in [4.78, 5) is -0.179. The van der Waals surface area contributed by atoms with Gasteiger partial charge in [-0.3, -0.25) is 0 Å². The van der Waals surface area contributed by atoms with E-state index in [2.05, 4.69) is 21.2 Å².